The van der Waals surface area contributed by atoms with Gasteiger partial charge in [-0.25, -0.2) is 0 Å². The minimum atomic E-state index is 0. The molecule has 0 bridgehead atoms. The summed E-state index contributed by atoms with van der Waals surface area (Å²) in [5.74, 6) is 0.0423. The molecule has 108 valence electrons. The highest BCUT2D eigenvalue weighted by Crippen LogP contribution is 2.18. The Kier molecular flexibility index (Phi) is 6.05. The van der Waals surface area contributed by atoms with E-state index in [0.29, 0.717) is 24.3 Å². The number of carbonyl (C=O) groups excluding carboxylic acids is 1. The Hall–Kier alpha value is -1.52. The molecule has 2 aromatic rings. The van der Waals surface area contributed by atoms with Crippen molar-refractivity contribution in [2.24, 2.45) is 0 Å². The standard InChI is InChI=1S/C15H18N2OS.ClH/c1-3-17(10-13-5-4-8-19-13)15(18)14-9-12(16)7-6-11(14)2;/h4-9H,3,10,16H2,1-2H3;1H. The van der Waals surface area contributed by atoms with Crippen LogP contribution >= 0.6 is 23.7 Å². The Morgan fingerprint density at radius 1 is 1.35 bits per heavy atom. The van der Waals surface area contributed by atoms with Gasteiger partial charge < -0.3 is 10.6 Å². The van der Waals surface area contributed by atoms with Crippen molar-refractivity contribution in [2.45, 2.75) is 20.4 Å². The third kappa shape index (κ3) is 3.74. The van der Waals surface area contributed by atoms with Crippen molar-refractivity contribution in [3.05, 3.63) is 51.7 Å². The van der Waals surface area contributed by atoms with Gasteiger partial charge in [-0.3, -0.25) is 4.79 Å². The van der Waals surface area contributed by atoms with Gasteiger partial charge in [0.05, 0.1) is 6.54 Å². The Balaban J connectivity index is 0.00000200. The SMILES string of the molecule is CCN(Cc1cccs1)C(=O)c1cc(N)ccc1C.Cl. The largest absolute Gasteiger partial charge is 0.399 e. The highest BCUT2D eigenvalue weighted by Gasteiger charge is 2.17. The highest BCUT2D eigenvalue weighted by molar-refractivity contribution is 7.09. The fourth-order valence-electron chi connectivity index (χ4n) is 1.96. The summed E-state index contributed by atoms with van der Waals surface area (Å²) in [7, 11) is 0. The molecule has 0 aliphatic rings. The number of aryl methyl sites for hydroxylation is 1. The molecular weight excluding hydrogens is 292 g/mol. The molecule has 3 nitrogen and oxygen atoms in total. The van der Waals surface area contributed by atoms with Gasteiger partial charge in [-0.15, -0.1) is 23.7 Å². The van der Waals surface area contributed by atoms with Crippen LogP contribution < -0.4 is 5.73 Å². The lowest BCUT2D eigenvalue weighted by Crippen LogP contribution is -2.30. The summed E-state index contributed by atoms with van der Waals surface area (Å²) in [6.45, 7) is 5.27. The number of nitrogen functional groups attached to an aromatic ring is 1. The number of carbonyl (C=O) groups is 1. The van der Waals surface area contributed by atoms with Crippen molar-refractivity contribution < 1.29 is 4.79 Å². The van der Waals surface area contributed by atoms with Crippen LogP contribution in [0.2, 0.25) is 0 Å². The average Bonchev–Trinajstić information content (AvgIpc) is 2.91. The van der Waals surface area contributed by atoms with Gasteiger partial charge in [0.15, 0.2) is 0 Å². The Morgan fingerprint density at radius 2 is 2.10 bits per heavy atom. The summed E-state index contributed by atoms with van der Waals surface area (Å²) in [5, 5.41) is 2.03. The number of amides is 1. The zero-order valence-electron chi connectivity index (χ0n) is 11.6. The number of rotatable bonds is 4. The minimum absolute atomic E-state index is 0. The fourth-order valence-corrected chi connectivity index (χ4v) is 2.68. The zero-order valence-corrected chi connectivity index (χ0v) is 13.3. The van der Waals surface area contributed by atoms with Crippen LogP contribution in [-0.4, -0.2) is 17.4 Å². The predicted octanol–water partition coefficient (Wildman–Crippen LogP) is 3.72. The molecule has 20 heavy (non-hydrogen) atoms. The van der Waals surface area contributed by atoms with Gasteiger partial charge in [0.25, 0.3) is 5.91 Å². The molecule has 0 saturated carbocycles. The predicted molar refractivity (Wildman–Crippen MR) is 87.6 cm³/mol. The molecule has 5 heteroatoms. The van der Waals surface area contributed by atoms with Crippen LogP contribution in [0.5, 0.6) is 0 Å². The summed E-state index contributed by atoms with van der Waals surface area (Å²) in [6, 6.07) is 9.52. The average molecular weight is 311 g/mol. The molecule has 2 N–H and O–H groups in total. The van der Waals surface area contributed by atoms with Crippen molar-refractivity contribution in [2.75, 3.05) is 12.3 Å². The van der Waals surface area contributed by atoms with Gasteiger partial charge in [0.1, 0.15) is 0 Å². The van der Waals surface area contributed by atoms with Gasteiger partial charge in [-0.05, 0) is 43.0 Å². The molecule has 0 radical (unpaired) electrons. The van der Waals surface area contributed by atoms with Gasteiger partial charge >= 0.3 is 0 Å². The number of nitrogens with two attached hydrogens (primary N) is 1. The van der Waals surface area contributed by atoms with E-state index in [2.05, 4.69) is 0 Å². The van der Waals surface area contributed by atoms with Gasteiger partial charge in [0, 0.05) is 22.7 Å². The quantitative estimate of drug-likeness (QED) is 0.875. The third-order valence-electron chi connectivity index (χ3n) is 3.09. The van der Waals surface area contributed by atoms with Crippen molar-refractivity contribution in [3.63, 3.8) is 0 Å². The van der Waals surface area contributed by atoms with Crippen LogP contribution in [0.25, 0.3) is 0 Å². The van der Waals surface area contributed by atoms with Crippen molar-refractivity contribution in [3.8, 4) is 0 Å². The first-order valence-corrected chi connectivity index (χ1v) is 7.17. The number of anilines is 1. The molecule has 0 fully saturated rings. The molecular formula is C15H19ClN2OS. The summed E-state index contributed by atoms with van der Waals surface area (Å²) >= 11 is 1.67. The lowest BCUT2D eigenvalue weighted by molar-refractivity contribution is 0.0753. The van der Waals surface area contributed by atoms with E-state index in [1.54, 1.807) is 17.4 Å². The molecule has 2 rings (SSSR count). The number of nitrogens with zero attached hydrogens (tertiary/aromatic N) is 1. The number of halogens is 1. The van der Waals surface area contributed by atoms with Crippen LogP contribution in [0.3, 0.4) is 0 Å². The number of hydrogen-bond acceptors (Lipinski definition) is 3. The summed E-state index contributed by atoms with van der Waals surface area (Å²) < 4.78 is 0. The van der Waals surface area contributed by atoms with E-state index in [1.165, 1.54) is 4.88 Å². The van der Waals surface area contributed by atoms with Gasteiger partial charge in [0.2, 0.25) is 0 Å². The topological polar surface area (TPSA) is 46.3 Å². The molecule has 0 aliphatic carbocycles. The molecule has 1 amide bonds. The second-order valence-corrected chi connectivity index (χ2v) is 5.51. The van der Waals surface area contributed by atoms with E-state index in [4.69, 9.17) is 5.73 Å². The molecule has 0 aliphatic heterocycles. The second kappa shape index (κ2) is 7.31. The monoisotopic (exact) mass is 310 g/mol. The van der Waals surface area contributed by atoms with E-state index in [-0.39, 0.29) is 18.3 Å². The molecule has 1 aromatic heterocycles. The summed E-state index contributed by atoms with van der Waals surface area (Å²) in [5.41, 5.74) is 8.06. The van der Waals surface area contributed by atoms with Crippen LogP contribution in [0.1, 0.15) is 27.7 Å². The van der Waals surface area contributed by atoms with Crippen molar-refractivity contribution >= 4 is 35.3 Å². The number of hydrogen-bond donors (Lipinski definition) is 1. The first-order valence-electron chi connectivity index (χ1n) is 6.29. The lowest BCUT2D eigenvalue weighted by atomic mass is 10.1. The Morgan fingerprint density at radius 3 is 2.70 bits per heavy atom. The van der Waals surface area contributed by atoms with Crippen molar-refractivity contribution in [1.29, 1.82) is 0 Å². The number of thiophene rings is 1. The fraction of sp³-hybridized carbons (Fsp3) is 0.267. The molecule has 1 heterocycles. The van der Waals surface area contributed by atoms with Crippen LogP contribution in [-0.2, 0) is 6.54 Å². The van der Waals surface area contributed by atoms with E-state index < -0.39 is 0 Å². The van der Waals surface area contributed by atoms with Gasteiger partial charge in [-0.1, -0.05) is 12.1 Å². The maximum atomic E-state index is 12.6. The van der Waals surface area contributed by atoms with Gasteiger partial charge in [-0.2, -0.15) is 0 Å². The molecule has 0 unspecified atom stereocenters. The van der Waals surface area contributed by atoms with Crippen molar-refractivity contribution in [1.82, 2.24) is 4.90 Å². The second-order valence-electron chi connectivity index (χ2n) is 4.47. The summed E-state index contributed by atoms with van der Waals surface area (Å²) in [6.07, 6.45) is 0. The van der Waals surface area contributed by atoms with Crippen LogP contribution in [0, 0.1) is 6.92 Å². The normalized spacial score (nSPS) is 9.90. The first-order chi connectivity index (χ1) is 9.11. The smallest absolute Gasteiger partial charge is 0.254 e. The summed E-state index contributed by atoms with van der Waals surface area (Å²) in [4.78, 5) is 15.6. The maximum absolute atomic E-state index is 12.6. The molecule has 0 atom stereocenters. The lowest BCUT2D eigenvalue weighted by Gasteiger charge is -2.21. The van der Waals surface area contributed by atoms with E-state index in [9.17, 15) is 4.79 Å². The molecule has 1 aromatic carbocycles. The first kappa shape index (κ1) is 16.5. The highest BCUT2D eigenvalue weighted by atomic mass is 35.5. The Bertz CT molecular complexity index is 569. The number of benzene rings is 1. The zero-order chi connectivity index (χ0) is 13.8. The third-order valence-corrected chi connectivity index (χ3v) is 3.95. The van der Waals surface area contributed by atoms with E-state index in [1.807, 2.05) is 48.4 Å². The van der Waals surface area contributed by atoms with Crippen LogP contribution in [0.4, 0.5) is 5.69 Å². The maximum Gasteiger partial charge on any atom is 0.254 e. The Labute approximate surface area is 129 Å². The van der Waals surface area contributed by atoms with E-state index in [0.717, 1.165) is 5.56 Å². The minimum Gasteiger partial charge on any atom is -0.399 e. The van der Waals surface area contributed by atoms with Crippen LogP contribution in [0.15, 0.2) is 35.7 Å². The molecule has 0 spiro atoms. The molecule has 0 saturated heterocycles. The van der Waals surface area contributed by atoms with E-state index >= 15 is 0 Å².